The van der Waals surface area contributed by atoms with Crippen molar-refractivity contribution in [3.8, 4) is 0 Å². The molecule has 1 aromatic carbocycles. The number of rotatable bonds is 4. The van der Waals surface area contributed by atoms with Gasteiger partial charge in [0.25, 0.3) is 0 Å². The summed E-state index contributed by atoms with van der Waals surface area (Å²) >= 11 is 0. The number of carbonyl (C=O) groups excluding carboxylic acids is 3. The highest BCUT2D eigenvalue weighted by Gasteiger charge is 2.49. The molecule has 2 heterocycles. The Hall–Kier alpha value is -2.47. The second-order valence-corrected chi connectivity index (χ2v) is 8.08. The first-order valence-electron chi connectivity index (χ1n) is 10.2. The summed E-state index contributed by atoms with van der Waals surface area (Å²) < 4.78 is 0. The Morgan fingerprint density at radius 2 is 1.75 bits per heavy atom. The average Bonchev–Trinajstić information content (AvgIpc) is 2.93. The normalized spacial score (nSPS) is 26.8. The van der Waals surface area contributed by atoms with E-state index in [1.165, 1.54) is 16.0 Å². The first-order chi connectivity index (χ1) is 13.6. The number of urea groups is 1. The van der Waals surface area contributed by atoms with Crippen LogP contribution >= 0.6 is 0 Å². The lowest BCUT2D eigenvalue weighted by atomic mass is 9.85. The van der Waals surface area contributed by atoms with Crippen molar-refractivity contribution in [2.24, 2.45) is 5.92 Å². The molecule has 1 aromatic rings. The minimum Gasteiger partial charge on any atom is -0.281 e. The van der Waals surface area contributed by atoms with Gasteiger partial charge in [0.15, 0.2) is 0 Å². The van der Waals surface area contributed by atoms with Crippen molar-refractivity contribution in [2.75, 3.05) is 19.8 Å². The third-order valence-corrected chi connectivity index (χ3v) is 6.26. The number of carbonyl (C=O) groups is 3. The van der Waals surface area contributed by atoms with Crippen molar-refractivity contribution in [1.82, 2.24) is 14.7 Å². The lowest BCUT2D eigenvalue weighted by Gasteiger charge is -2.34. The van der Waals surface area contributed by atoms with Gasteiger partial charge < -0.3 is 0 Å². The van der Waals surface area contributed by atoms with Crippen molar-refractivity contribution in [3.05, 3.63) is 42.0 Å². The number of hydrogen-bond donors (Lipinski definition) is 0. The van der Waals surface area contributed by atoms with Crippen LogP contribution in [0.3, 0.4) is 0 Å². The number of amides is 4. The van der Waals surface area contributed by atoms with E-state index in [-0.39, 0.29) is 18.6 Å². The van der Waals surface area contributed by atoms with Gasteiger partial charge in [-0.3, -0.25) is 19.4 Å². The van der Waals surface area contributed by atoms with Gasteiger partial charge in [-0.25, -0.2) is 9.69 Å². The van der Waals surface area contributed by atoms with E-state index < -0.39 is 17.8 Å². The fourth-order valence-corrected chi connectivity index (χ4v) is 4.57. The fourth-order valence-electron chi connectivity index (χ4n) is 4.57. The Kier molecular flexibility index (Phi) is 5.31. The highest BCUT2D eigenvalue weighted by molar-refractivity contribution is 6.44. The molecular formula is C22H27N3O3. The molecule has 1 saturated heterocycles. The van der Waals surface area contributed by atoms with Crippen molar-refractivity contribution in [3.63, 3.8) is 0 Å². The third kappa shape index (κ3) is 3.49. The molecule has 1 saturated carbocycles. The van der Waals surface area contributed by atoms with E-state index in [4.69, 9.17) is 0 Å². The molecule has 0 radical (unpaired) electrons. The number of benzene rings is 1. The molecule has 0 unspecified atom stereocenters. The standard InChI is InChI=1S/C22H27N3O3/c1-16-7-5-6-10-19(16)25-21(27)20(26)24(22(25)28)15-23-13-11-18(12-14-23)17-8-3-2-4-9-17/h2-4,8-9,11,16,19H,5-7,10,12-15H2,1H3/t16-,19+/m1/s1. The van der Waals surface area contributed by atoms with Crippen LogP contribution in [0.4, 0.5) is 4.79 Å². The maximum Gasteiger partial charge on any atom is 0.335 e. The van der Waals surface area contributed by atoms with E-state index in [0.717, 1.165) is 43.5 Å². The Bertz CT molecular complexity index is 805. The molecule has 1 aliphatic carbocycles. The zero-order valence-electron chi connectivity index (χ0n) is 16.3. The summed E-state index contributed by atoms with van der Waals surface area (Å²) in [6.07, 6.45) is 6.92. The van der Waals surface area contributed by atoms with Crippen molar-refractivity contribution in [1.29, 1.82) is 0 Å². The smallest absolute Gasteiger partial charge is 0.281 e. The van der Waals surface area contributed by atoms with E-state index in [9.17, 15) is 14.4 Å². The molecule has 28 heavy (non-hydrogen) atoms. The summed E-state index contributed by atoms with van der Waals surface area (Å²) in [6.45, 7) is 3.67. The molecule has 3 aliphatic rings. The summed E-state index contributed by atoms with van der Waals surface area (Å²) in [6, 6.07) is 9.65. The monoisotopic (exact) mass is 381 g/mol. The van der Waals surface area contributed by atoms with Crippen molar-refractivity contribution < 1.29 is 14.4 Å². The van der Waals surface area contributed by atoms with Crippen LogP contribution < -0.4 is 0 Å². The molecule has 6 nitrogen and oxygen atoms in total. The SMILES string of the molecule is C[C@@H]1CCCC[C@@H]1N1C(=O)C(=O)N(CN2CC=C(c3ccccc3)CC2)C1=O. The topological polar surface area (TPSA) is 60.9 Å². The molecule has 2 aliphatic heterocycles. The first-order valence-corrected chi connectivity index (χ1v) is 10.2. The van der Waals surface area contributed by atoms with Crippen molar-refractivity contribution in [2.45, 2.75) is 45.1 Å². The quantitative estimate of drug-likeness (QED) is 0.594. The predicted molar refractivity (Wildman–Crippen MR) is 106 cm³/mol. The van der Waals surface area contributed by atoms with Crippen LogP contribution in [0, 0.1) is 5.92 Å². The minimum atomic E-state index is -0.680. The molecule has 0 N–H and O–H groups in total. The minimum absolute atomic E-state index is 0.145. The van der Waals surface area contributed by atoms with Gasteiger partial charge in [0.1, 0.15) is 0 Å². The van der Waals surface area contributed by atoms with Crippen molar-refractivity contribution >= 4 is 23.4 Å². The molecule has 0 aromatic heterocycles. The zero-order valence-corrected chi connectivity index (χ0v) is 16.3. The number of nitrogens with zero attached hydrogens (tertiary/aromatic N) is 3. The Balaban J connectivity index is 1.42. The first kappa shape index (κ1) is 18.9. The molecule has 0 bridgehead atoms. The van der Waals surface area contributed by atoms with E-state index in [0.29, 0.717) is 6.54 Å². The van der Waals surface area contributed by atoms with Crippen LogP contribution in [0.15, 0.2) is 36.4 Å². The molecule has 148 valence electrons. The fraction of sp³-hybridized carbons (Fsp3) is 0.500. The summed E-state index contributed by atoms with van der Waals surface area (Å²) in [4.78, 5) is 42.4. The van der Waals surface area contributed by atoms with Gasteiger partial charge in [0.05, 0.1) is 6.67 Å². The van der Waals surface area contributed by atoms with E-state index in [1.54, 1.807) is 0 Å². The van der Waals surface area contributed by atoms with E-state index in [2.05, 4.69) is 25.1 Å². The molecule has 0 spiro atoms. The maximum atomic E-state index is 12.9. The molecular weight excluding hydrogens is 354 g/mol. The second kappa shape index (κ2) is 7.87. The molecule has 2 atom stereocenters. The molecule has 6 heteroatoms. The van der Waals surface area contributed by atoms with Gasteiger partial charge in [0, 0.05) is 19.1 Å². The van der Waals surface area contributed by atoms with E-state index in [1.807, 2.05) is 23.1 Å². The zero-order chi connectivity index (χ0) is 19.7. The number of hydrogen-bond acceptors (Lipinski definition) is 4. The second-order valence-electron chi connectivity index (χ2n) is 8.08. The summed E-state index contributed by atoms with van der Waals surface area (Å²) in [5.41, 5.74) is 2.49. The third-order valence-electron chi connectivity index (χ3n) is 6.26. The highest BCUT2D eigenvalue weighted by Crippen LogP contribution is 2.31. The van der Waals surface area contributed by atoms with Gasteiger partial charge in [-0.2, -0.15) is 0 Å². The Morgan fingerprint density at radius 3 is 2.43 bits per heavy atom. The van der Waals surface area contributed by atoms with Crippen LogP contribution in [0.25, 0.3) is 5.57 Å². The summed E-state index contributed by atoms with van der Waals surface area (Å²) in [5, 5.41) is 0. The lowest BCUT2D eigenvalue weighted by Crippen LogP contribution is -2.47. The highest BCUT2D eigenvalue weighted by atomic mass is 16.2. The van der Waals surface area contributed by atoms with Crippen LogP contribution in [0.5, 0.6) is 0 Å². The van der Waals surface area contributed by atoms with Gasteiger partial charge in [-0.1, -0.05) is 56.2 Å². The van der Waals surface area contributed by atoms with Gasteiger partial charge >= 0.3 is 17.8 Å². The van der Waals surface area contributed by atoms with Crippen LogP contribution in [0.1, 0.15) is 44.6 Å². The van der Waals surface area contributed by atoms with Crippen LogP contribution in [-0.4, -0.2) is 58.3 Å². The predicted octanol–water partition coefficient (Wildman–Crippen LogP) is 3.10. The summed E-state index contributed by atoms with van der Waals surface area (Å²) in [5.74, 6) is -1.08. The largest absolute Gasteiger partial charge is 0.335 e. The molecule has 2 fully saturated rings. The molecule has 4 amide bonds. The average molecular weight is 381 g/mol. The van der Waals surface area contributed by atoms with Crippen LogP contribution in [-0.2, 0) is 9.59 Å². The molecule has 4 rings (SSSR count). The lowest BCUT2D eigenvalue weighted by molar-refractivity contribution is -0.145. The van der Waals surface area contributed by atoms with Gasteiger partial charge in [-0.05, 0) is 36.3 Å². The van der Waals surface area contributed by atoms with Gasteiger partial charge in [0.2, 0.25) is 0 Å². The Labute approximate surface area is 165 Å². The summed E-state index contributed by atoms with van der Waals surface area (Å²) in [7, 11) is 0. The van der Waals surface area contributed by atoms with E-state index >= 15 is 0 Å². The number of imide groups is 2. The Morgan fingerprint density at radius 1 is 1.00 bits per heavy atom. The van der Waals surface area contributed by atoms with Crippen LogP contribution in [0.2, 0.25) is 0 Å². The maximum absolute atomic E-state index is 12.9. The van der Waals surface area contributed by atoms with Gasteiger partial charge in [-0.15, -0.1) is 0 Å².